The molecule has 0 bridgehead atoms. The number of hydrogen-bond acceptors (Lipinski definition) is 6. The van der Waals surface area contributed by atoms with E-state index in [0.717, 1.165) is 28.5 Å². The number of hydrogen-bond donors (Lipinski definition) is 0. The van der Waals surface area contributed by atoms with Gasteiger partial charge in [-0.1, -0.05) is 69.0 Å². The minimum Gasteiger partial charge on any atom is -0.378 e. The molecule has 4 aromatic rings. The number of carbonyl (C=O) groups excluding carboxylic acids is 1. The van der Waals surface area contributed by atoms with Crippen molar-refractivity contribution >= 4 is 89.5 Å². The number of aliphatic imine (C=N–C) groups is 1. The Bertz CT molecular complexity index is 1890. The zero-order chi connectivity index (χ0) is 30.2. The van der Waals surface area contributed by atoms with Crippen LogP contribution in [0.2, 0.25) is 10.0 Å². The van der Waals surface area contributed by atoms with E-state index in [0.29, 0.717) is 41.5 Å². The van der Waals surface area contributed by atoms with Gasteiger partial charge in [-0.05, 0) is 104 Å². The van der Waals surface area contributed by atoms with Crippen LogP contribution in [0.4, 0.5) is 11.4 Å². The van der Waals surface area contributed by atoms with Crippen LogP contribution < -0.4 is 9.08 Å². The second-order valence-corrected chi connectivity index (χ2v) is 13.8. The maximum Gasteiger partial charge on any atom is 0.339 e. The van der Waals surface area contributed by atoms with Crippen LogP contribution in [0, 0.1) is 20.8 Å². The number of nitrogens with zero attached hydrogens (tertiary/aromatic N) is 2. The van der Waals surface area contributed by atoms with Crippen LogP contribution in [0.25, 0.3) is 6.08 Å². The van der Waals surface area contributed by atoms with Crippen molar-refractivity contribution in [2.24, 2.45) is 4.99 Å². The van der Waals surface area contributed by atoms with E-state index in [9.17, 15) is 13.2 Å². The van der Waals surface area contributed by atoms with Crippen molar-refractivity contribution in [2.45, 2.75) is 25.7 Å². The predicted molar refractivity (Wildman–Crippen MR) is 176 cm³/mol. The molecule has 4 aromatic carbocycles. The Morgan fingerprint density at radius 1 is 0.881 bits per heavy atom. The number of amidine groups is 1. The lowest BCUT2D eigenvalue weighted by atomic mass is 10.1. The maximum atomic E-state index is 13.9. The van der Waals surface area contributed by atoms with Gasteiger partial charge in [-0.25, -0.2) is 4.99 Å². The van der Waals surface area contributed by atoms with Crippen LogP contribution in [-0.2, 0) is 14.9 Å². The largest absolute Gasteiger partial charge is 0.378 e. The second-order valence-electron chi connectivity index (χ2n) is 9.55. The third-order valence-electron chi connectivity index (χ3n) is 6.37. The lowest BCUT2D eigenvalue weighted by Crippen LogP contribution is -2.28. The van der Waals surface area contributed by atoms with Gasteiger partial charge in [0, 0.05) is 20.1 Å². The third kappa shape index (κ3) is 6.61. The van der Waals surface area contributed by atoms with Crippen molar-refractivity contribution in [1.29, 1.82) is 0 Å². The normalized spacial score (nSPS) is 15.6. The Morgan fingerprint density at radius 3 is 2.21 bits per heavy atom. The molecule has 0 radical (unpaired) electrons. The molecule has 42 heavy (non-hydrogen) atoms. The molecule has 11 heteroatoms. The first kappa shape index (κ1) is 30.4. The van der Waals surface area contributed by atoms with Gasteiger partial charge in [0.25, 0.3) is 5.91 Å². The van der Waals surface area contributed by atoms with E-state index in [4.69, 9.17) is 32.4 Å². The second kappa shape index (κ2) is 12.3. The third-order valence-corrected chi connectivity index (χ3v) is 9.89. The van der Waals surface area contributed by atoms with Gasteiger partial charge < -0.3 is 4.18 Å². The number of rotatable bonds is 6. The highest BCUT2D eigenvalue weighted by Crippen LogP contribution is 2.40. The molecule has 1 fully saturated rings. The van der Waals surface area contributed by atoms with Crippen molar-refractivity contribution in [3.05, 3.63) is 121 Å². The van der Waals surface area contributed by atoms with Crippen molar-refractivity contribution in [3.63, 3.8) is 0 Å². The number of halogens is 3. The van der Waals surface area contributed by atoms with Crippen LogP contribution >= 0.6 is 50.9 Å². The fourth-order valence-corrected chi connectivity index (χ4v) is 6.65. The van der Waals surface area contributed by atoms with Crippen LogP contribution in [0.15, 0.2) is 98.1 Å². The summed E-state index contributed by atoms with van der Waals surface area (Å²) in [7, 11) is -4.13. The van der Waals surface area contributed by atoms with Gasteiger partial charge in [0.2, 0.25) is 0 Å². The average Bonchev–Trinajstić information content (AvgIpc) is 3.23. The van der Waals surface area contributed by atoms with Gasteiger partial charge in [0.1, 0.15) is 10.6 Å². The lowest BCUT2D eigenvalue weighted by molar-refractivity contribution is -0.113. The van der Waals surface area contributed by atoms with Crippen molar-refractivity contribution in [1.82, 2.24) is 0 Å². The summed E-state index contributed by atoms with van der Waals surface area (Å²) in [5, 5.41) is 1.44. The molecule has 0 unspecified atom stereocenters. The highest BCUT2D eigenvalue weighted by atomic mass is 79.9. The van der Waals surface area contributed by atoms with E-state index in [1.165, 1.54) is 23.1 Å². The summed E-state index contributed by atoms with van der Waals surface area (Å²) in [6.07, 6.45) is 1.59. The van der Waals surface area contributed by atoms with Crippen molar-refractivity contribution in [3.8, 4) is 5.75 Å². The molecule has 0 saturated carbocycles. The standard InChI is InChI=1S/C31H23BrCl2N2O4S2/c1-18-4-11-25(12-5-18)42(38,39)40-28-13-8-22(32)14-21(28)15-29-30(37)36(24-10-7-20(3)27(34)17-24)31(41-29)35-23-9-6-19(2)26(33)16-23/h4-17H,1-3H3/b29-15+,35-31?. The first-order valence-corrected chi connectivity index (χ1v) is 16.3. The SMILES string of the molecule is Cc1ccc(S(=O)(=O)Oc2ccc(Br)cc2/C=C2/SC(=Nc3ccc(C)c(Cl)c3)N(c3ccc(C)c(Cl)c3)C2=O)cc1. The molecule has 1 aliphatic heterocycles. The Balaban J connectivity index is 1.58. The molecule has 0 aromatic heterocycles. The molecular weight excluding hydrogens is 679 g/mol. The lowest BCUT2D eigenvalue weighted by Gasteiger charge is -2.16. The minimum atomic E-state index is -4.13. The van der Waals surface area contributed by atoms with E-state index < -0.39 is 10.1 Å². The zero-order valence-electron chi connectivity index (χ0n) is 22.6. The van der Waals surface area contributed by atoms with E-state index in [-0.39, 0.29) is 16.6 Å². The summed E-state index contributed by atoms with van der Waals surface area (Å²) < 4.78 is 32.4. The molecule has 214 valence electrons. The Labute approximate surface area is 267 Å². The first-order valence-electron chi connectivity index (χ1n) is 12.6. The van der Waals surface area contributed by atoms with Gasteiger partial charge in [0.05, 0.1) is 16.3 Å². The molecule has 0 spiro atoms. The fraction of sp³-hybridized carbons (Fsp3) is 0.0968. The summed E-state index contributed by atoms with van der Waals surface area (Å²) in [4.78, 5) is 20.4. The van der Waals surface area contributed by atoms with Crippen LogP contribution in [0.1, 0.15) is 22.3 Å². The van der Waals surface area contributed by atoms with Crippen LogP contribution in [-0.4, -0.2) is 19.5 Å². The average molecular weight is 702 g/mol. The quantitative estimate of drug-likeness (QED) is 0.148. The molecule has 5 rings (SSSR count). The molecule has 0 N–H and O–H groups in total. The van der Waals surface area contributed by atoms with Crippen molar-refractivity contribution in [2.75, 3.05) is 4.90 Å². The monoisotopic (exact) mass is 700 g/mol. The molecule has 1 amide bonds. The van der Waals surface area contributed by atoms with E-state index in [2.05, 4.69) is 15.9 Å². The summed E-state index contributed by atoms with van der Waals surface area (Å²) in [5.41, 5.74) is 4.19. The molecule has 0 aliphatic carbocycles. The zero-order valence-corrected chi connectivity index (χ0v) is 27.3. The minimum absolute atomic E-state index is 0.0227. The van der Waals surface area contributed by atoms with E-state index in [1.807, 2.05) is 39.0 Å². The summed E-state index contributed by atoms with van der Waals surface area (Å²) >= 11 is 17.3. The predicted octanol–water partition coefficient (Wildman–Crippen LogP) is 9.26. The molecular formula is C31H23BrCl2N2O4S2. The molecule has 1 heterocycles. The summed E-state index contributed by atoms with van der Waals surface area (Å²) in [6.45, 7) is 5.64. The smallest absolute Gasteiger partial charge is 0.339 e. The number of anilines is 1. The van der Waals surface area contributed by atoms with Crippen LogP contribution in [0.3, 0.4) is 0 Å². The highest BCUT2D eigenvalue weighted by Gasteiger charge is 2.35. The van der Waals surface area contributed by atoms with E-state index >= 15 is 0 Å². The Hall–Kier alpha value is -3.08. The molecule has 6 nitrogen and oxygen atoms in total. The Kier molecular flexibility index (Phi) is 8.87. The topological polar surface area (TPSA) is 76.0 Å². The van der Waals surface area contributed by atoms with Gasteiger partial charge in [-0.2, -0.15) is 8.42 Å². The maximum absolute atomic E-state index is 13.9. The van der Waals surface area contributed by atoms with Crippen molar-refractivity contribution < 1.29 is 17.4 Å². The number of amides is 1. The molecule has 0 atom stereocenters. The fourth-order valence-electron chi connectivity index (χ4n) is 3.98. The van der Waals surface area contributed by atoms with Gasteiger partial charge >= 0.3 is 10.1 Å². The van der Waals surface area contributed by atoms with E-state index in [1.54, 1.807) is 48.5 Å². The van der Waals surface area contributed by atoms with Crippen LogP contribution in [0.5, 0.6) is 5.75 Å². The number of benzene rings is 4. The summed E-state index contributed by atoms with van der Waals surface area (Å²) in [6, 6.07) is 22.0. The molecule has 1 saturated heterocycles. The number of thioether (sulfide) groups is 1. The van der Waals surface area contributed by atoms with Gasteiger partial charge in [-0.3, -0.25) is 9.69 Å². The highest BCUT2D eigenvalue weighted by molar-refractivity contribution is 9.10. The summed E-state index contributed by atoms with van der Waals surface area (Å²) in [5.74, 6) is -0.287. The number of aryl methyl sites for hydroxylation is 3. The van der Waals surface area contributed by atoms with Gasteiger partial charge in [-0.15, -0.1) is 0 Å². The number of carbonyl (C=O) groups is 1. The first-order chi connectivity index (χ1) is 19.9. The Morgan fingerprint density at radius 2 is 1.55 bits per heavy atom. The molecule has 1 aliphatic rings. The van der Waals surface area contributed by atoms with Gasteiger partial charge in [0.15, 0.2) is 5.17 Å².